The minimum Gasteiger partial charge on any atom is -0.369 e. The van der Waals surface area contributed by atoms with Crippen molar-refractivity contribution in [3.8, 4) is 11.1 Å². The number of thiophene rings is 1. The third kappa shape index (κ3) is 2.89. The van der Waals surface area contributed by atoms with Crippen molar-refractivity contribution in [1.29, 1.82) is 0 Å². The molecule has 0 spiro atoms. The van der Waals surface area contributed by atoms with Gasteiger partial charge >= 0.3 is 0 Å². The van der Waals surface area contributed by atoms with Crippen LogP contribution < -0.4 is 16.2 Å². The Kier molecular flexibility index (Phi) is 3.96. The molecule has 1 aliphatic heterocycles. The van der Waals surface area contributed by atoms with Crippen LogP contribution in [0.3, 0.4) is 0 Å². The van der Waals surface area contributed by atoms with E-state index in [-0.39, 0.29) is 17.4 Å². The predicted octanol–water partition coefficient (Wildman–Crippen LogP) is 1.75. The maximum atomic E-state index is 12.7. The summed E-state index contributed by atoms with van der Waals surface area (Å²) >= 11 is 1.58. The molecular weight excluding hydrogens is 338 g/mol. The van der Waals surface area contributed by atoms with E-state index in [0.29, 0.717) is 42.9 Å². The maximum absolute atomic E-state index is 12.7. The number of nitrogens with zero attached hydrogens (tertiary/aromatic N) is 3. The number of rotatable bonds is 3. The quantitative estimate of drug-likeness (QED) is 0.745. The zero-order valence-electron chi connectivity index (χ0n) is 13.4. The normalized spacial score (nSPS) is 15.6. The number of amides is 1. The van der Waals surface area contributed by atoms with Crippen LogP contribution in [0.4, 0.5) is 5.95 Å². The SMILES string of the molecule is NC(=O)C1CCN(c2nc3nccc(-c4ccsc4)c3c(=O)[nH]2)CC1. The first-order valence-corrected chi connectivity index (χ1v) is 9.03. The number of nitrogens with one attached hydrogen (secondary N) is 1. The summed E-state index contributed by atoms with van der Waals surface area (Å²) in [5.74, 6) is 0.129. The standard InChI is InChI=1S/C17H17N5O2S/c18-14(23)10-2-6-22(7-3-10)17-20-15-13(16(24)21-17)12(1-5-19-15)11-4-8-25-9-11/h1,4-5,8-10H,2-3,6-7H2,(H2,18,23)(H,19,20,21,24). The minimum absolute atomic E-state index is 0.105. The molecule has 8 heteroatoms. The molecule has 4 heterocycles. The highest BCUT2D eigenvalue weighted by molar-refractivity contribution is 7.08. The molecule has 1 fully saturated rings. The number of fused-ring (bicyclic) bond motifs is 1. The molecule has 0 atom stereocenters. The number of aromatic nitrogens is 3. The van der Waals surface area contributed by atoms with Gasteiger partial charge < -0.3 is 10.6 Å². The molecule has 0 saturated carbocycles. The number of aromatic amines is 1. The summed E-state index contributed by atoms with van der Waals surface area (Å²) in [7, 11) is 0. The number of carbonyl (C=O) groups excluding carboxylic acids is 1. The average Bonchev–Trinajstić information content (AvgIpc) is 3.15. The van der Waals surface area contributed by atoms with Gasteiger partial charge in [-0.25, -0.2) is 4.98 Å². The lowest BCUT2D eigenvalue weighted by molar-refractivity contribution is -0.122. The second-order valence-corrected chi connectivity index (χ2v) is 6.90. The van der Waals surface area contributed by atoms with Crippen LogP contribution in [-0.2, 0) is 4.79 Å². The number of nitrogens with two attached hydrogens (primary N) is 1. The molecule has 0 aromatic carbocycles. The number of piperidine rings is 1. The van der Waals surface area contributed by atoms with Crippen LogP contribution in [-0.4, -0.2) is 33.9 Å². The fourth-order valence-corrected chi connectivity index (χ4v) is 3.89. The summed E-state index contributed by atoms with van der Waals surface area (Å²) in [6, 6.07) is 3.81. The highest BCUT2D eigenvalue weighted by Gasteiger charge is 2.25. The zero-order chi connectivity index (χ0) is 17.4. The van der Waals surface area contributed by atoms with E-state index in [1.165, 1.54) is 0 Å². The van der Waals surface area contributed by atoms with Gasteiger partial charge in [0.25, 0.3) is 5.56 Å². The van der Waals surface area contributed by atoms with Gasteiger partial charge in [-0.3, -0.25) is 14.6 Å². The summed E-state index contributed by atoms with van der Waals surface area (Å²) < 4.78 is 0. The molecule has 1 aliphatic rings. The first kappa shape index (κ1) is 15.8. The van der Waals surface area contributed by atoms with Crippen molar-refractivity contribution in [2.24, 2.45) is 11.7 Å². The van der Waals surface area contributed by atoms with Gasteiger partial charge in [0.1, 0.15) is 0 Å². The predicted molar refractivity (Wildman–Crippen MR) is 97.6 cm³/mol. The number of pyridine rings is 1. The van der Waals surface area contributed by atoms with E-state index in [9.17, 15) is 9.59 Å². The van der Waals surface area contributed by atoms with E-state index in [4.69, 9.17) is 5.73 Å². The van der Waals surface area contributed by atoms with Crippen molar-refractivity contribution in [3.05, 3.63) is 39.4 Å². The lowest BCUT2D eigenvalue weighted by Gasteiger charge is -2.30. The average molecular weight is 355 g/mol. The van der Waals surface area contributed by atoms with E-state index >= 15 is 0 Å². The maximum Gasteiger partial charge on any atom is 0.262 e. The van der Waals surface area contributed by atoms with Crippen LogP contribution in [0.5, 0.6) is 0 Å². The molecule has 1 saturated heterocycles. The zero-order valence-corrected chi connectivity index (χ0v) is 14.3. The van der Waals surface area contributed by atoms with E-state index < -0.39 is 0 Å². The van der Waals surface area contributed by atoms with Crippen LogP contribution in [0.1, 0.15) is 12.8 Å². The van der Waals surface area contributed by atoms with Crippen molar-refractivity contribution in [3.63, 3.8) is 0 Å². The monoisotopic (exact) mass is 355 g/mol. The number of anilines is 1. The number of hydrogen-bond donors (Lipinski definition) is 2. The Bertz CT molecular complexity index is 974. The number of hydrogen-bond acceptors (Lipinski definition) is 6. The molecule has 0 bridgehead atoms. The largest absolute Gasteiger partial charge is 0.369 e. The fraction of sp³-hybridized carbons (Fsp3) is 0.294. The first-order chi connectivity index (χ1) is 12.1. The molecule has 4 rings (SSSR count). The molecule has 3 aromatic heterocycles. The van der Waals surface area contributed by atoms with Crippen molar-refractivity contribution in [2.75, 3.05) is 18.0 Å². The van der Waals surface area contributed by atoms with Crippen LogP contribution >= 0.6 is 11.3 Å². The van der Waals surface area contributed by atoms with Crippen LogP contribution in [0.2, 0.25) is 0 Å². The van der Waals surface area contributed by atoms with Crippen molar-refractivity contribution >= 4 is 34.2 Å². The number of H-pyrrole nitrogens is 1. The Morgan fingerprint density at radius 2 is 2.12 bits per heavy atom. The fourth-order valence-electron chi connectivity index (χ4n) is 3.24. The molecule has 0 aliphatic carbocycles. The molecule has 3 N–H and O–H groups in total. The van der Waals surface area contributed by atoms with Crippen molar-refractivity contribution < 1.29 is 4.79 Å². The van der Waals surface area contributed by atoms with Crippen molar-refractivity contribution in [2.45, 2.75) is 12.8 Å². The lowest BCUT2D eigenvalue weighted by atomic mass is 9.96. The van der Waals surface area contributed by atoms with Crippen LogP contribution in [0.25, 0.3) is 22.2 Å². The minimum atomic E-state index is -0.262. The Morgan fingerprint density at radius 1 is 1.32 bits per heavy atom. The molecule has 1 amide bonds. The molecule has 7 nitrogen and oxygen atoms in total. The first-order valence-electron chi connectivity index (χ1n) is 8.09. The molecule has 0 radical (unpaired) electrons. The Labute approximate surface area is 147 Å². The van der Waals surface area contributed by atoms with Crippen molar-refractivity contribution in [1.82, 2.24) is 15.0 Å². The molecule has 0 unspecified atom stereocenters. The van der Waals surface area contributed by atoms with E-state index in [1.54, 1.807) is 17.5 Å². The highest BCUT2D eigenvalue weighted by Crippen LogP contribution is 2.27. The Hall–Kier alpha value is -2.74. The third-order valence-corrected chi connectivity index (χ3v) is 5.31. The van der Waals surface area contributed by atoms with Gasteiger partial charge in [-0.05, 0) is 41.3 Å². The van der Waals surface area contributed by atoms with Gasteiger partial charge in [-0.15, -0.1) is 0 Å². The van der Waals surface area contributed by atoms with Gasteiger partial charge in [0.05, 0.1) is 5.39 Å². The summed E-state index contributed by atoms with van der Waals surface area (Å²) in [4.78, 5) is 37.7. The van der Waals surface area contributed by atoms with Crippen LogP contribution in [0.15, 0.2) is 33.9 Å². The summed E-state index contributed by atoms with van der Waals surface area (Å²) in [5.41, 5.74) is 7.42. The Balaban J connectivity index is 1.72. The molecule has 25 heavy (non-hydrogen) atoms. The molecular formula is C17H17N5O2S. The molecule has 128 valence electrons. The van der Waals surface area contributed by atoms with E-state index in [2.05, 4.69) is 15.0 Å². The lowest BCUT2D eigenvalue weighted by Crippen LogP contribution is -2.40. The van der Waals surface area contributed by atoms with Gasteiger partial charge in [0.15, 0.2) is 5.65 Å². The van der Waals surface area contributed by atoms with E-state index in [0.717, 1.165) is 11.1 Å². The summed E-state index contributed by atoms with van der Waals surface area (Å²) in [5, 5.41) is 4.47. The third-order valence-electron chi connectivity index (χ3n) is 4.62. The van der Waals surface area contributed by atoms with E-state index in [1.807, 2.05) is 27.8 Å². The summed E-state index contributed by atoms with van der Waals surface area (Å²) in [6.45, 7) is 1.26. The topological polar surface area (TPSA) is 105 Å². The summed E-state index contributed by atoms with van der Waals surface area (Å²) in [6.07, 6.45) is 3.00. The number of primary amides is 1. The Morgan fingerprint density at radius 3 is 2.80 bits per heavy atom. The smallest absolute Gasteiger partial charge is 0.262 e. The van der Waals surface area contributed by atoms with Gasteiger partial charge in [-0.1, -0.05) is 0 Å². The van der Waals surface area contributed by atoms with Gasteiger partial charge in [-0.2, -0.15) is 16.3 Å². The van der Waals surface area contributed by atoms with Gasteiger partial charge in [0.2, 0.25) is 11.9 Å². The van der Waals surface area contributed by atoms with Crippen LogP contribution in [0, 0.1) is 5.92 Å². The second kappa shape index (κ2) is 6.29. The number of carbonyl (C=O) groups is 1. The van der Waals surface area contributed by atoms with Gasteiger partial charge in [0, 0.05) is 30.8 Å². The second-order valence-electron chi connectivity index (χ2n) is 6.12. The molecule has 3 aromatic rings. The highest BCUT2D eigenvalue weighted by atomic mass is 32.1.